The van der Waals surface area contributed by atoms with Crippen LogP contribution in [0.1, 0.15) is 56.3 Å². The average molecular weight is 805 g/mol. The fourth-order valence-electron chi connectivity index (χ4n) is 4.76. The lowest BCUT2D eigenvalue weighted by Gasteiger charge is -2.11. The summed E-state index contributed by atoms with van der Waals surface area (Å²) in [7, 11) is 0. The number of thiazole rings is 2. The van der Waals surface area contributed by atoms with Crippen molar-refractivity contribution in [3.63, 3.8) is 0 Å². The number of halogens is 2. The number of hydrogen-bond acceptors (Lipinski definition) is 14. The van der Waals surface area contributed by atoms with Crippen LogP contribution in [0.2, 0.25) is 10.0 Å². The molecule has 0 spiro atoms. The highest BCUT2D eigenvalue weighted by atomic mass is 35.5. The zero-order chi connectivity index (χ0) is 38.6. The Kier molecular flexibility index (Phi) is 13.9. The van der Waals surface area contributed by atoms with Gasteiger partial charge in [0.05, 0.1) is 23.1 Å². The summed E-state index contributed by atoms with van der Waals surface area (Å²) in [5.74, 6) is 0.194. The van der Waals surface area contributed by atoms with Gasteiger partial charge in [0.1, 0.15) is 33.7 Å². The molecule has 0 saturated carbocycles. The van der Waals surface area contributed by atoms with E-state index in [1.807, 2.05) is 43.3 Å². The maximum atomic E-state index is 13.0. The van der Waals surface area contributed by atoms with Crippen molar-refractivity contribution in [1.29, 1.82) is 0 Å². The maximum Gasteiger partial charge on any atom is 0.307 e. The first-order valence-electron chi connectivity index (χ1n) is 16.4. The number of ether oxygens (including phenoxy) is 2. The van der Waals surface area contributed by atoms with Gasteiger partial charge in [0.15, 0.2) is 10.3 Å². The van der Waals surface area contributed by atoms with Gasteiger partial charge in [-0.2, -0.15) is 0 Å². The smallest absolute Gasteiger partial charge is 0.307 e. The van der Waals surface area contributed by atoms with Crippen LogP contribution in [-0.2, 0) is 16.1 Å². The first-order chi connectivity index (χ1) is 26.0. The normalized spacial score (nSPS) is 11.1. The van der Waals surface area contributed by atoms with E-state index in [-0.39, 0.29) is 41.6 Å². The molecule has 0 bridgehead atoms. The van der Waals surface area contributed by atoms with Crippen molar-refractivity contribution in [3.05, 3.63) is 134 Å². The molecule has 3 heterocycles. The highest BCUT2D eigenvalue weighted by Gasteiger charge is 2.21. The Morgan fingerprint density at radius 2 is 1.50 bits per heavy atom. The van der Waals surface area contributed by atoms with Gasteiger partial charge in [0.25, 0.3) is 0 Å². The number of nitrogens with zero attached hydrogens (tertiary/aromatic N) is 3. The molecule has 1 unspecified atom stereocenters. The molecule has 0 saturated heterocycles. The second-order valence-corrected chi connectivity index (χ2v) is 14.3. The minimum atomic E-state index is -0.288. The van der Waals surface area contributed by atoms with Crippen LogP contribution in [0.25, 0.3) is 0 Å². The van der Waals surface area contributed by atoms with Gasteiger partial charge in [0, 0.05) is 35.2 Å². The molecular weight excluding hydrogens is 770 g/mol. The third kappa shape index (κ3) is 11.0. The number of rotatable bonds is 14. The van der Waals surface area contributed by atoms with Gasteiger partial charge < -0.3 is 31.6 Å². The molecule has 0 fully saturated rings. The van der Waals surface area contributed by atoms with Crippen molar-refractivity contribution in [2.45, 2.75) is 32.9 Å². The molecular formula is C38H35Cl2N7O5S2. The Labute approximate surface area is 329 Å². The fraction of sp³-hybridized carbons (Fsp3) is 0.158. The summed E-state index contributed by atoms with van der Waals surface area (Å²) in [6.45, 7) is 4.35. The number of carbonyl (C=O) groups is 3. The van der Waals surface area contributed by atoms with Gasteiger partial charge in [-0.3, -0.25) is 19.4 Å². The molecule has 1 atom stereocenters. The maximum absolute atomic E-state index is 13.0. The molecule has 3 aromatic carbocycles. The van der Waals surface area contributed by atoms with E-state index >= 15 is 0 Å². The quantitative estimate of drug-likeness (QED) is 0.0608. The monoisotopic (exact) mass is 803 g/mol. The van der Waals surface area contributed by atoms with Gasteiger partial charge in [-0.15, -0.1) is 0 Å². The largest absolute Gasteiger partial charge is 0.489 e. The van der Waals surface area contributed by atoms with Gasteiger partial charge in [-0.1, -0.05) is 88.3 Å². The molecule has 0 radical (unpaired) electrons. The second-order valence-electron chi connectivity index (χ2n) is 11.5. The van der Waals surface area contributed by atoms with Crippen LogP contribution in [0.5, 0.6) is 5.75 Å². The number of carbonyl (C=O) groups excluding carboxylic acids is 3. The summed E-state index contributed by atoms with van der Waals surface area (Å²) in [4.78, 5) is 49.9. The van der Waals surface area contributed by atoms with Crippen LogP contribution in [0.15, 0.2) is 97.3 Å². The molecule has 6 aromatic rings. The lowest BCUT2D eigenvalue weighted by atomic mass is 10.1. The molecule has 0 aliphatic carbocycles. The van der Waals surface area contributed by atoms with Crippen molar-refractivity contribution in [3.8, 4) is 5.75 Å². The predicted molar refractivity (Wildman–Crippen MR) is 215 cm³/mol. The molecule has 54 heavy (non-hydrogen) atoms. The number of nitrogens with one attached hydrogen (secondary N) is 2. The van der Waals surface area contributed by atoms with E-state index in [4.69, 9.17) is 44.1 Å². The lowest BCUT2D eigenvalue weighted by Crippen LogP contribution is -2.20. The van der Waals surface area contributed by atoms with Crippen LogP contribution in [0.4, 0.5) is 27.6 Å². The second kappa shape index (κ2) is 19.0. The van der Waals surface area contributed by atoms with Crippen molar-refractivity contribution < 1.29 is 23.9 Å². The van der Waals surface area contributed by atoms with Gasteiger partial charge in [0.2, 0.25) is 11.6 Å². The van der Waals surface area contributed by atoms with E-state index in [0.717, 1.165) is 16.9 Å². The SMILES string of the molecule is CCOC(=O)CC(C)Nc1nc(N)c(C(=O)c2cccnc2)s1.Nc1nc(Nc2ccc(Cl)c(Cl)c2)sc1C(=O)c1cccc(OCc2ccccc2)c1. The predicted octanol–water partition coefficient (Wildman–Crippen LogP) is 8.69. The first-order valence-corrected chi connectivity index (χ1v) is 18.8. The van der Waals surface area contributed by atoms with E-state index in [1.54, 1.807) is 61.7 Å². The number of nitrogens with two attached hydrogens (primary N) is 2. The molecule has 12 nitrogen and oxygen atoms in total. The minimum absolute atomic E-state index is 0.160. The molecule has 0 amide bonds. The van der Waals surface area contributed by atoms with Crippen LogP contribution < -0.4 is 26.8 Å². The minimum Gasteiger partial charge on any atom is -0.489 e. The fourth-order valence-corrected chi connectivity index (χ4v) is 6.88. The number of anilines is 5. The molecule has 16 heteroatoms. The summed E-state index contributed by atoms with van der Waals surface area (Å²) in [5.41, 5.74) is 14.5. The molecule has 6 N–H and O–H groups in total. The number of nitrogen functional groups attached to an aromatic ring is 2. The molecule has 0 aliphatic heterocycles. The van der Waals surface area contributed by atoms with Crippen molar-refractivity contribution in [1.82, 2.24) is 15.0 Å². The third-order valence-electron chi connectivity index (χ3n) is 7.31. The van der Waals surface area contributed by atoms with E-state index in [0.29, 0.717) is 65.8 Å². The highest BCUT2D eigenvalue weighted by molar-refractivity contribution is 7.18. The number of hydrogen-bond donors (Lipinski definition) is 4. The van der Waals surface area contributed by atoms with Crippen molar-refractivity contribution >= 4 is 91.0 Å². The average Bonchev–Trinajstić information content (AvgIpc) is 3.72. The Morgan fingerprint density at radius 3 is 2.19 bits per heavy atom. The van der Waals surface area contributed by atoms with E-state index < -0.39 is 0 Å². The number of esters is 1. The zero-order valence-electron chi connectivity index (χ0n) is 29.0. The van der Waals surface area contributed by atoms with E-state index in [9.17, 15) is 14.4 Å². The molecule has 3 aromatic heterocycles. The van der Waals surface area contributed by atoms with Crippen molar-refractivity contribution in [2.24, 2.45) is 0 Å². The molecule has 6 rings (SSSR count). The summed E-state index contributed by atoms with van der Waals surface area (Å²) in [6.07, 6.45) is 3.29. The van der Waals surface area contributed by atoms with Gasteiger partial charge >= 0.3 is 5.97 Å². The summed E-state index contributed by atoms with van der Waals surface area (Å²) >= 11 is 14.3. The number of benzene rings is 3. The molecule has 0 aliphatic rings. The number of aromatic nitrogens is 3. The van der Waals surface area contributed by atoms with E-state index in [2.05, 4.69) is 25.6 Å². The summed E-state index contributed by atoms with van der Waals surface area (Å²) in [6, 6.07) is 25.1. The topological polar surface area (TPSA) is 184 Å². The first kappa shape index (κ1) is 39.7. The molecule has 278 valence electrons. The Bertz CT molecular complexity index is 2220. The van der Waals surface area contributed by atoms with Crippen molar-refractivity contribution in [2.75, 3.05) is 28.7 Å². The summed E-state index contributed by atoms with van der Waals surface area (Å²) < 4.78 is 10.7. The Balaban J connectivity index is 0.000000218. The standard InChI is InChI=1S/C23H17Cl2N3O2S.C15H18N4O3S/c24-18-10-9-16(12-19(18)25)27-23-28-22(26)21(31-23)20(29)15-7-4-8-17(11-15)30-13-14-5-2-1-3-6-14;1-3-22-11(20)7-9(2)18-15-19-14(16)13(23-15)12(21)10-5-4-6-17-8-10/h1-12H,13,26H2,(H,27,28);4-6,8-9H,3,7,16H2,1-2H3,(H,18,19). The van der Waals surface area contributed by atoms with Gasteiger partial charge in [-0.25, -0.2) is 9.97 Å². The summed E-state index contributed by atoms with van der Waals surface area (Å²) in [5, 5.41) is 8.00. The number of pyridine rings is 1. The van der Waals surface area contributed by atoms with E-state index in [1.165, 1.54) is 17.5 Å². The van der Waals surface area contributed by atoms with Crippen LogP contribution in [0.3, 0.4) is 0 Å². The van der Waals surface area contributed by atoms with Crippen LogP contribution in [-0.4, -0.2) is 45.1 Å². The Morgan fingerprint density at radius 1 is 0.815 bits per heavy atom. The third-order valence-corrected chi connectivity index (χ3v) is 10.0. The Hall–Kier alpha value is -5.54. The lowest BCUT2D eigenvalue weighted by molar-refractivity contribution is -0.143. The van der Waals surface area contributed by atoms with Gasteiger partial charge in [-0.05, 0) is 61.9 Å². The zero-order valence-corrected chi connectivity index (χ0v) is 32.2. The highest BCUT2D eigenvalue weighted by Crippen LogP contribution is 2.33. The van der Waals surface area contributed by atoms with Crippen LogP contribution in [0, 0.1) is 0 Å². The van der Waals surface area contributed by atoms with Crippen LogP contribution >= 0.6 is 45.9 Å². The number of ketones is 2.